The Hall–Kier alpha value is -3.89. The van der Waals surface area contributed by atoms with E-state index in [1.54, 1.807) is 0 Å². The highest BCUT2D eigenvalue weighted by Crippen LogP contribution is 2.23. The molecule has 184 valence electrons. The molecule has 2 rings (SSSR count). The minimum absolute atomic E-state index is 0.0638. The first-order valence-corrected chi connectivity index (χ1v) is 11.1. The summed E-state index contributed by atoms with van der Waals surface area (Å²) in [5.41, 5.74) is 7.90. The molecule has 0 aliphatic rings. The van der Waals surface area contributed by atoms with Crippen molar-refractivity contribution in [2.75, 3.05) is 24.2 Å². The van der Waals surface area contributed by atoms with Gasteiger partial charge in [-0.2, -0.15) is 0 Å². The minimum Gasteiger partial charge on any atom is -0.436 e. The van der Waals surface area contributed by atoms with Crippen LogP contribution in [0.25, 0.3) is 0 Å². The number of hydrogen-bond acceptors (Lipinski definition) is 8. The number of nitrogens with two attached hydrogens (primary N) is 1. The highest BCUT2D eigenvalue weighted by Gasteiger charge is 2.18. The molecule has 0 fully saturated rings. The molecule has 0 saturated heterocycles. The number of anilines is 3. The number of alkyl carbamates (subject to hydrolysis) is 1. The molecule has 34 heavy (non-hydrogen) atoms. The van der Waals surface area contributed by atoms with E-state index in [0.29, 0.717) is 36.6 Å². The summed E-state index contributed by atoms with van der Waals surface area (Å²) in [5, 5.41) is 11.4. The number of primary amides is 1. The zero-order chi connectivity index (χ0) is 25.3. The van der Waals surface area contributed by atoms with Gasteiger partial charge in [-0.05, 0) is 51.3 Å². The number of aromatic nitrogens is 2. The molecule has 3 amide bonds. The van der Waals surface area contributed by atoms with Gasteiger partial charge in [0.2, 0.25) is 0 Å². The molecule has 0 unspecified atom stereocenters. The van der Waals surface area contributed by atoms with Crippen molar-refractivity contribution >= 4 is 35.2 Å². The van der Waals surface area contributed by atoms with Gasteiger partial charge in [-0.25, -0.2) is 14.8 Å². The number of rotatable bonds is 11. The fraction of sp³-hybridized carbons (Fsp3) is 0.435. The largest absolute Gasteiger partial charge is 0.436 e. The van der Waals surface area contributed by atoms with Crippen LogP contribution in [0, 0.1) is 0 Å². The number of hydrogen-bond donors (Lipinski definition) is 5. The number of nitrogens with one attached hydrogen (secondary N) is 4. The van der Waals surface area contributed by atoms with Crippen molar-refractivity contribution in [3.8, 4) is 0 Å². The van der Waals surface area contributed by atoms with Gasteiger partial charge < -0.3 is 31.7 Å². The van der Waals surface area contributed by atoms with Crippen molar-refractivity contribution < 1.29 is 19.1 Å². The Morgan fingerprint density at radius 3 is 2.47 bits per heavy atom. The smallest absolute Gasteiger partial charge is 0.407 e. The quantitative estimate of drug-likeness (QED) is 0.333. The van der Waals surface area contributed by atoms with E-state index in [9.17, 15) is 14.4 Å². The summed E-state index contributed by atoms with van der Waals surface area (Å²) < 4.78 is 4.90. The second-order valence-corrected chi connectivity index (χ2v) is 7.90. The Morgan fingerprint density at radius 1 is 1.12 bits per heavy atom. The lowest BCUT2D eigenvalue weighted by atomic mass is 10.1. The third-order valence-corrected chi connectivity index (χ3v) is 4.72. The zero-order valence-corrected chi connectivity index (χ0v) is 20.2. The highest BCUT2D eigenvalue weighted by atomic mass is 16.6. The monoisotopic (exact) mass is 471 g/mol. The van der Waals surface area contributed by atoms with Crippen LogP contribution < -0.4 is 27.0 Å². The van der Waals surface area contributed by atoms with Gasteiger partial charge >= 0.3 is 6.09 Å². The number of nitrogens with zero attached hydrogens (tertiary/aromatic N) is 2. The minimum atomic E-state index is -0.904. The van der Waals surface area contributed by atoms with Gasteiger partial charge in [-0.1, -0.05) is 19.1 Å². The predicted octanol–water partition coefficient (Wildman–Crippen LogP) is 2.10. The van der Waals surface area contributed by atoms with Gasteiger partial charge in [0.1, 0.15) is 5.82 Å². The van der Waals surface area contributed by atoms with Crippen LogP contribution in [-0.4, -0.2) is 53.6 Å². The molecule has 1 heterocycles. The summed E-state index contributed by atoms with van der Waals surface area (Å²) in [7, 11) is 1.42. The lowest BCUT2D eigenvalue weighted by molar-refractivity contribution is -0.128. The van der Waals surface area contributed by atoms with Crippen LogP contribution in [0.5, 0.6) is 0 Å². The molecule has 6 N–H and O–H groups in total. The van der Waals surface area contributed by atoms with Crippen LogP contribution in [0.2, 0.25) is 0 Å². The van der Waals surface area contributed by atoms with E-state index in [2.05, 4.69) is 31.2 Å². The molecule has 2 aromatic rings. The number of ether oxygens (including phenoxy) is 1. The Labute approximate surface area is 199 Å². The maximum atomic E-state index is 12.1. The van der Waals surface area contributed by atoms with E-state index in [1.807, 2.05) is 45.0 Å². The topological polar surface area (TPSA) is 160 Å². The van der Waals surface area contributed by atoms with Gasteiger partial charge in [0.05, 0.1) is 5.69 Å². The van der Waals surface area contributed by atoms with Crippen molar-refractivity contribution in [1.82, 2.24) is 20.6 Å². The summed E-state index contributed by atoms with van der Waals surface area (Å²) >= 11 is 0. The summed E-state index contributed by atoms with van der Waals surface area (Å²) in [4.78, 5) is 44.3. The Balaban J connectivity index is 2.12. The van der Waals surface area contributed by atoms with E-state index in [0.717, 1.165) is 5.56 Å². The molecule has 0 aliphatic heterocycles. The molecule has 11 heteroatoms. The summed E-state index contributed by atoms with van der Waals surface area (Å²) in [6.45, 7) is 7.76. The van der Waals surface area contributed by atoms with Crippen LogP contribution in [0.1, 0.15) is 49.4 Å². The van der Waals surface area contributed by atoms with E-state index in [1.165, 1.54) is 14.0 Å². The van der Waals surface area contributed by atoms with Gasteiger partial charge in [0.25, 0.3) is 11.8 Å². The Bertz CT molecular complexity index is 1030. The predicted molar refractivity (Wildman–Crippen MR) is 130 cm³/mol. The molecule has 0 spiro atoms. The maximum absolute atomic E-state index is 12.1. The van der Waals surface area contributed by atoms with E-state index >= 15 is 0 Å². The van der Waals surface area contributed by atoms with Crippen LogP contribution in [0.3, 0.4) is 0 Å². The molecule has 11 nitrogen and oxygen atoms in total. The summed E-state index contributed by atoms with van der Waals surface area (Å²) in [6, 6.07) is 7.61. The normalized spacial score (nSPS) is 11.5. The van der Waals surface area contributed by atoms with Crippen LogP contribution in [0.4, 0.5) is 22.1 Å². The molecule has 1 aromatic heterocycles. The molecule has 0 aliphatic carbocycles. The number of carbonyl (C=O) groups is 3. The van der Waals surface area contributed by atoms with Crippen molar-refractivity contribution in [2.24, 2.45) is 5.73 Å². The number of amides is 3. The zero-order valence-electron chi connectivity index (χ0n) is 20.2. The molecular formula is C23H33N7O4. The fourth-order valence-electron chi connectivity index (χ4n) is 3.05. The van der Waals surface area contributed by atoms with Gasteiger partial charge in [0.15, 0.2) is 17.6 Å². The van der Waals surface area contributed by atoms with Crippen molar-refractivity contribution in [1.29, 1.82) is 0 Å². The summed E-state index contributed by atoms with van der Waals surface area (Å²) in [5.74, 6) is -0.205. The standard InChI is InChI=1S/C23H33N7O4/c1-6-17-20(27-13(2)3)30-21(18(29-17)19(24)31)28-16-9-7-8-15(12-16)10-11-26-22(32)14(4)34-23(33)25-5/h7-9,12-14H,6,10-11H2,1-5H3,(H2,24,31)(H,25,33)(H,26,32)(H2,27,28,30)/t14-/m0/s1. The lowest BCUT2D eigenvalue weighted by Gasteiger charge is -2.17. The first-order valence-electron chi connectivity index (χ1n) is 11.1. The fourth-order valence-corrected chi connectivity index (χ4v) is 3.05. The second-order valence-electron chi connectivity index (χ2n) is 7.90. The molecule has 1 atom stereocenters. The first-order chi connectivity index (χ1) is 16.1. The van der Waals surface area contributed by atoms with Crippen LogP contribution in [0.15, 0.2) is 24.3 Å². The summed E-state index contributed by atoms with van der Waals surface area (Å²) in [6.07, 6.45) is -0.439. The second kappa shape index (κ2) is 12.4. The number of benzene rings is 1. The van der Waals surface area contributed by atoms with Crippen molar-refractivity contribution in [3.05, 3.63) is 41.2 Å². The maximum Gasteiger partial charge on any atom is 0.407 e. The molecule has 0 bridgehead atoms. The Kier molecular flexibility index (Phi) is 9.60. The van der Waals surface area contributed by atoms with Crippen molar-refractivity contribution in [2.45, 2.75) is 52.7 Å². The van der Waals surface area contributed by atoms with E-state index in [4.69, 9.17) is 10.5 Å². The highest BCUT2D eigenvalue weighted by molar-refractivity contribution is 5.96. The third kappa shape index (κ3) is 7.61. The average molecular weight is 472 g/mol. The molecular weight excluding hydrogens is 438 g/mol. The lowest BCUT2D eigenvalue weighted by Crippen LogP contribution is -2.38. The number of aryl methyl sites for hydroxylation is 1. The molecule has 0 radical (unpaired) electrons. The van der Waals surface area contributed by atoms with Gasteiger partial charge in [0, 0.05) is 25.3 Å². The molecule has 1 aromatic carbocycles. The van der Waals surface area contributed by atoms with Gasteiger partial charge in [-0.15, -0.1) is 0 Å². The van der Waals surface area contributed by atoms with Crippen LogP contribution >= 0.6 is 0 Å². The Morgan fingerprint density at radius 2 is 1.85 bits per heavy atom. The molecule has 0 saturated carbocycles. The SMILES string of the molecule is CCc1nc(C(N)=O)c(Nc2cccc(CCNC(=O)[C@H](C)OC(=O)NC)c2)nc1NC(C)C. The van der Waals surface area contributed by atoms with E-state index in [-0.39, 0.29) is 23.5 Å². The first kappa shape index (κ1) is 26.4. The number of carbonyl (C=O) groups excluding carboxylic acids is 3. The third-order valence-electron chi connectivity index (χ3n) is 4.72. The average Bonchev–Trinajstić information content (AvgIpc) is 2.78. The van der Waals surface area contributed by atoms with Crippen LogP contribution in [-0.2, 0) is 22.4 Å². The van der Waals surface area contributed by atoms with Gasteiger partial charge in [-0.3, -0.25) is 9.59 Å². The van der Waals surface area contributed by atoms with Crippen molar-refractivity contribution in [3.63, 3.8) is 0 Å². The van der Waals surface area contributed by atoms with E-state index < -0.39 is 18.1 Å².